The molecule has 0 bridgehead atoms. The van der Waals surface area contributed by atoms with Gasteiger partial charge in [-0.1, -0.05) is 0 Å². The van der Waals surface area contributed by atoms with Gasteiger partial charge in [0.15, 0.2) is 4.96 Å². The summed E-state index contributed by atoms with van der Waals surface area (Å²) >= 11 is 1.60. The molecule has 3 rings (SSSR count). The fraction of sp³-hybridized carbons (Fsp3) is 0.500. The molecule has 1 aliphatic rings. The first-order valence-corrected chi connectivity index (χ1v) is 6.79. The summed E-state index contributed by atoms with van der Waals surface area (Å²) in [6.07, 6.45) is 5.35. The maximum atomic E-state index is 12.1. The summed E-state index contributed by atoms with van der Waals surface area (Å²) < 4.78 is 1.98. The minimum atomic E-state index is 0.162. The summed E-state index contributed by atoms with van der Waals surface area (Å²) in [6.45, 7) is 3.04. The first-order valence-electron chi connectivity index (χ1n) is 5.91. The lowest BCUT2D eigenvalue weighted by molar-refractivity contribution is -0.122. The molecular formula is C12H15N3OS. The lowest BCUT2D eigenvalue weighted by Gasteiger charge is -2.12. The van der Waals surface area contributed by atoms with Gasteiger partial charge in [-0.3, -0.25) is 9.20 Å². The van der Waals surface area contributed by atoms with Crippen molar-refractivity contribution in [3.05, 3.63) is 23.5 Å². The van der Waals surface area contributed by atoms with Crippen molar-refractivity contribution < 1.29 is 4.79 Å². The van der Waals surface area contributed by atoms with Gasteiger partial charge in [0.2, 0.25) is 0 Å². The van der Waals surface area contributed by atoms with Crippen LogP contribution in [0.15, 0.2) is 17.8 Å². The van der Waals surface area contributed by atoms with E-state index in [4.69, 9.17) is 0 Å². The summed E-state index contributed by atoms with van der Waals surface area (Å²) in [4.78, 5) is 17.6. The average molecular weight is 249 g/mol. The summed E-state index contributed by atoms with van der Waals surface area (Å²) in [5.41, 5.74) is 0.890. The highest BCUT2D eigenvalue weighted by molar-refractivity contribution is 7.15. The normalized spacial score (nSPS) is 24.5. The lowest BCUT2D eigenvalue weighted by Crippen LogP contribution is -2.29. The topological polar surface area (TPSA) is 46.4 Å². The molecule has 5 heteroatoms. The Morgan fingerprint density at radius 1 is 1.71 bits per heavy atom. The van der Waals surface area contributed by atoms with E-state index in [9.17, 15) is 4.79 Å². The van der Waals surface area contributed by atoms with E-state index in [1.165, 1.54) is 0 Å². The number of carbonyl (C=O) groups excluding carboxylic acids is 1. The highest BCUT2D eigenvalue weighted by Crippen LogP contribution is 2.19. The smallest absolute Gasteiger partial charge is 0.193 e. The molecule has 1 N–H and O–H groups in total. The molecule has 3 heterocycles. The third-order valence-corrected chi connectivity index (χ3v) is 4.21. The second kappa shape index (κ2) is 4.23. The van der Waals surface area contributed by atoms with Gasteiger partial charge in [-0.25, -0.2) is 4.98 Å². The van der Waals surface area contributed by atoms with Gasteiger partial charge in [0.25, 0.3) is 0 Å². The molecule has 4 nitrogen and oxygen atoms in total. The van der Waals surface area contributed by atoms with Gasteiger partial charge in [0.05, 0.1) is 12.1 Å². The van der Waals surface area contributed by atoms with E-state index in [0.717, 1.165) is 23.6 Å². The van der Waals surface area contributed by atoms with Crippen LogP contribution in [0.5, 0.6) is 0 Å². The number of aromatic nitrogens is 2. The van der Waals surface area contributed by atoms with E-state index >= 15 is 0 Å². The Morgan fingerprint density at radius 2 is 2.59 bits per heavy atom. The monoisotopic (exact) mass is 249 g/mol. The molecule has 17 heavy (non-hydrogen) atoms. The quantitative estimate of drug-likeness (QED) is 0.897. The number of rotatable bonds is 3. The van der Waals surface area contributed by atoms with Crippen LogP contribution >= 0.6 is 11.3 Å². The van der Waals surface area contributed by atoms with Crippen molar-refractivity contribution in [1.82, 2.24) is 14.7 Å². The number of fused-ring (bicyclic) bond motifs is 1. The second-order valence-corrected chi connectivity index (χ2v) is 5.48. The van der Waals surface area contributed by atoms with Crippen LogP contribution in [-0.2, 0) is 11.2 Å². The summed E-state index contributed by atoms with van der Waals surface area (Å²) in [7, 11) is 0. The molecule has 2 unspecified atom stereocenters. The first-order chi connectivity index (χ1) is 8.24. The number of imidazole rings is 1. The predicted octanol–water partition coefficient (Wildman–Crippen LogP) is 1.51. The Labute approximate surface area is 104 Å². The summed E-state index contributed by atoms with van der Waals surface area (Å²) in [5, 5.41) is 5.31. The third kappa shape index (κ3) is 2.00. The number of nitrogens with one attached hydrogen (secondary N) is 1. The summed E-state index contributed by atoms with van der Waals surface area (Å²) in [5.74, 6) is 0.475. The Balaban J connectivity index is 1.74. The maximum Gasteiger partial charge on any atom is 0.193 e. The van der Waals surface area contributed by atoms with Crippen LogP contribution in [-0.4, -0.2) is 27.8 Å². The third-order valence-electron chi connectivity index (χ3n) is 3.44. The zero-order valence-electron chi connectivity index (χ0n) is 9.72. The minimum absolute atomic E-state index is 0.162. The standard InChI is InChI=1S/C12H15N3OS/c1-8-10(2-3-13-8)11(16)6-9-7-15-4-5-17-12(15)14-9/h4-5,7-8,10,13H,2-3,6H2,1H3. The number of ketones is 1. The van der Waals surface area contributed by atoms with Gasteiger partial charge in [0, 0.05) is 29.7 Å². The van der Waals surface area contributed by atoms with E-state index in [-0.39, 0.29) is 5.92 Å². The molecule has 2 atom stereocenters. The number of Topliss-reactive ketones (excluding diaryl/α,β-unsaturated/α-hetero) is 1. The zero-order valence-corrected chi connectivity index (χ0v) is 10.5. The second-order valence-electron chi connectivity index (χ2n) is 4.61. The van der Waals surface area contributed by atoms with Gasteiger partial charge < -0.3 is 5.32 Å². The van der Waals surface area contributed by atoms with E-state index < -0.39 is 0 Å². The highest BCUT2D eigenvalue weighted by Gasteiger charge is 2.29. The van der Waals surface area contributed by atoms with E-state index in [1.807, 2.05) is 22.2 Å². The highest BCUT2D eigenvalue weighted by atomic mass is 32.1. The largest absolute Gasteiger partial charge is 0.314 e. The van der Waals surface area contributed by atoms with Gasteiger partial charge in [-0.2, -0.15) is 0 Å². The molecule has 0 aromatic carbocycles. The van der Waals surface area contributed by atoms with Crippen molar-refractivity contribution >= 4 is 22.1 Å². The van der Waals surface area contributed by atoms with Gasteiger partial charge >= 0.3 is 0 Å². The number of hydrogen-bond acceptors (Lipinski definition) is 4. The fourth-order valence-corrected chi connectivity index (χ4v) is 3.19. The molecule has 0 aliphatic carbocycles. The van der Waals surface area contributed by atoms with Crippen LogP contribution in [0.2, 0.25) is 0 Å². The Hall–Kier alpha value is -1.20. The fourth-order valence-electron chi connectivity index (χ4n) is 2.47. The molecule has 2 aromatic rings. The number of carbonyl (C=O) groups is 1. The van der Waals surface area contributed by atoms with E-state index in [2.05, 4.69) is 17.2 Å². The molecule has 1 aliphatic heterocycles. The molecule has 0 radical (unpaired) electrons. The van der Waals surface area contributed by atoms with Crippen molar-refractivity contribution in [3.8, 4) is 0 Å². The lowest BCUT2D eigenvalue weighted by atomic mass is 9.94. The first kappa shape index (κ1) is 10.9. The van der Waals surface area contributed by atoms with Crippen LogP contribution < -0.4 is 5.32 Å². The van der Waals surface area contributed by atoms with Gasteiger partial charge in [-0.15, -0.1) is 11.3 Å². The number of nitrogens with zero attached hydrogens (tertiary/aromatic N) is 2. The maximum absolute atomic E-state index is 12.1. The van der Waals surface area contributed by atoms with E-state index in [1.54, 1.807) is 11.3 Å². The average Bonchev–Trinajstić information content (AvgIpc) is 2.92. The van der Waals surface area contributed by atoms with E-state index in [0.29, 0.717) is 18.2 Å². The van der Waals surface area contributed by atoms with Crippen molar-refractivity contribution in [1.29, 1.82) is 0 Å². The zero-order chi connectivity index (χ0) is 11.8. The van der Waals surface area contributed by atoms with Crippen LogP contribution in [0.25, 0.3) is 4.96 Å². The molecule has 0 saturated carbocycles. The van der Waals surface area contributed by atoms with Crippen molar-refractivity contribution in [2.45, 2.75) is 25.8 Å². The molecule has 0 spiro atoms. The molecule has 90 valence electrons. The van der Waals surface area contributed by atoms with Crippen LogP contribution in [0.3, 0.4) is 0 Å². The molecular weight excluding hydrogens is 234 g/mol. The Bertz CT molecular complexity index is 516. The summed E-state index contributed by atoms with van der Waals surface area (Å²) in [6, 6.07) is 0.311. The number of thiazole rings is 1. The van der Waals surface area contributed by atoms with Crippen molar-refractivity contribution in [3.63, 3.8) is 0 Å². The van der Waals surface area contributed by atoms with Crippen molar-refractivity contribution in [2.75, 3.05) is 6.54 Å². The molecule has 0 amide bonds. The number of hydrogen-bond donors (Lipinski definition) is 1. The molecule has 1 fully saturated rings. The SMILES string of the molecule is CC1NCCC1C(=O)Cc1cn2ccsc2n1. The molecule has 1 saturated heterocycles. The van der Waals surface area contributed by atoms with Gasteiger partial charge in [-0.05, 0) is 19.9 Å². The Morgan fingerprint density at radius 3 is 3.29 bits per heavy atom. The van der Waals surface area contributed by atoms with Crippen LogP contribution in [0, 0.1) is 5.92 Å². The van der Waals surface area contributed by atoms with Gasteiger partial charge in [0.1, 0.15) is 5.78 Å². The van der Waals surface area contributed by atoms with Crippen molar-refractivity contribution in [2.24, 2.45) is 5.92 Å². The Kier molecular flexibility index (Phi) is 2.72. The van der Waals surface area contributed by atoms with Crippen LogP contribution in [0.1, 0.15) is 19.0 Å². The minimum Gasteiger partial charge on any atom is -0.314 e. The predicted molar refractivity (Wildman–Crippen MR) is 67.4 cm³/mol. The molecule has 2 aromatic heterocycles. The van der Waals surface area contributed by atoms with Crippen LogP contribution in [0.4, 0.5) is 0 Å².